The standard InChI is InChI=1S/C19H23NO4/c21-11-13-4-3-9-20(13)19(22)12-23-14-7-8-18-16(10-14)15-5-1-2-6-17(15)24-18/h7-8,10,13,21H,1-6,9,11-12H2/t13-/m1/s1. The van der Waals surface area contributed by atoms with E-state index in [2.05, 4.69) is 0 Å². The summed E-state index contributed by atoms with van der Waals surface area (Å²) in [7, 11) is 0. The van der Waals surface area contributed by atoms with E-state index in [0.717, 1.165) is 42.4 Å². The van der Waals surface area contributed by atoms with Crippen molar-refractivity contribution in [3.63, 3.8) is 0 Å². The van der Waals surface area contributed by atoms with E-state index in [4.69, 9.17) is 9.15 Å². The Labute approximate surface area is 141 Å². The van der Waals surface area contributed by atoms with Gasteiger partial charge >= 0.3 is 0 Å². The van der Waals surface area contributed by atoms with Crippen molar-refractivity contribution in [2.45, 2.75) is 44.6 Å². The molecule has 4 rings (SSSR count). The molecule has 2 aliphatic rings. The summed E-state index contributed by atoms with van der Waals surface area (Å²) in [6.07, 6.45) is 6.27. The van der Waals surface area contributed by atoms with Crippen molar-refractivity contribution in [2.24, 2.45) is 0 Å². The number of fused-ring (bicyclic) bond motifs is 3. The SMILES string of the molecule is O=C(COc1ccc2oc3c(c2c1)CCCC3)N1CCC[C@@H]1CO. The van der Waals surface area contributed by atoms with Crippen molar-refractivity contribution in [1.82, 2.24) is 4.90 Å². The maximum atomic E-state index is 12.3. The molecule has 24 heavy (non-hydrogen) atoms. The number of likely N-dealkylation sites (tertiary alicyclic amines) is 1. The zero-order valence-corrected chi connectivity index (χ0v) is 13.8. The Morgan fingerprint density at radius 2 is 2.17 bits per heavy atom. The summed E-state index contributed by atoms with van der Waals surface area (Å²) in [5.74, 6) is 1.75. The van der Waals surface area contributed by atoms with Crippen LogP contribution < -0.4 is 4.74 Å². The van der Waals surface area contributed by atoms with Crippen LogP contribution in [0.3, 0.4) is 0 Å². The topological polar surface area (TPSA) is 62.9 Å². The minimum Gasteiger partial charge on any atom is -0.484 e. The summed E-state index contributed by atoms with van der Waals surface area (Å²) in [6.45, 7) is 0.753. The Bertz CT molecular complexity index is 751. The summed E-state index contributed by atoms with van der Waals surface area (Å²) in [5, 5.41) is 10.4. The van der Waals surface area contributed by atoms with Crippen LogP contribution in [0.4, 0.5) is 0 Å². The molecule has 0 spiro atoms. The third-order valence-electron chi connectivity index (χ3n) is 5.20. The molecule has 1 N–H and O–H groups in total. The van der Waals surface area contributed by atoms with Crippen molar-refractivity contribution < 1.29 is 19.1 Å². The number of rotatable bonds is 4. The number of carbonyl (C=O) groups excluding carboxylic acids is 1. The first-order chi connectivity index (χ1) is 11.8. The molecule has 1 aliphatic heterocycles. The van der Waals surface area contributed by atoms with Gasteiger partial charge in [0.15, 0.2) is 6.61 Å². The first-order valence-electron chi connectivity index (χ1n) is 8.83. The second kappa shape index (κ2) is 6.48. The van der Waals surface area contributed by atoms with Gasteiger partial charge < -0.3 is 19.2 Å². The predicted molar refractivity (Wildman–Crippen MR) is 90.2 cm³/mol. The lowest BCUT2D eigenvalue weighted by Gasteiger charge is -2.22. The van der Waals surface area contributed by atoms with E-state index in [9.17, 15) is 9.90 Å². The van der Waals surface area contributed by atoms with Gasteiger partial charge in [0.05, 0.1) is 12.6 Å². The zero-order valence-electron chi connectivity index (χ0n) is 13.8. The molecular formula is C19H23NO4. The molecule has 5 heteroatoms. The van der Waals surface area contributed by atoms with Crippen LogP contribution in [0, 0.1) is 0 Å². The lowest BCUT2D eigenvalue weighted by atomic mass is 9.96. The maximum Gasteiger partial charge on any atom is 0.260 e. The lowest BCUT2D eigenvalue weighted by Crippen LogP contribution is -2.40. The van der Waals surface area contributed by atoms with Gasteiger partial charge in [-0.25, -0.2) is 0 Å². The van der Waals surface area contributed by atoms with Crippen LogP contribution in [0.1, 0.15) is 37.0 Å². The van der Waals surface area contributed by atoms with Gasteiger partial charge in [-0.15, -0.1) is 0 Å². The molecule has 5 nitrogen and oxygen atoms in total. The highest BCUT2D eigenvalue weighted by molar-refractivity contribution is 5.84. The van der Waals surface area contributed by atoms with Crippen molar-refractivity contribution in [1.29, 1.82) is 0 Å². The summed E-state index contributed by atoms with van der Waals surface area (Å²) in [5.41, 5.74) is 2.20. The third-order valence-corrected chi connectivity index (χ3v) is 5.20. The van der Waals surface area contributed by atoms with Gasteiger partial charge in [0.2, 0.25) is 0 Å². The molecule has 1 amide bonds. The van der Waals surface area contributed by atoms with Gasteiger partial charge in [-0.05, 0) is 50.3 Å². The van der Waals surface area contributed by atoms with Gasteiger partial charge in [0, 0.05) is 23.9 Å². The number of aryl methyl sites for hydroxylation is 2. The van der Waals surface area contributed by atoms with Crippen LogP contribution in [-0.4, -0.2) is 41.7 Å². The van der Waals surface area contributed by atoms with Crippen LogP contribution in [0.15, 0.2) is 22.6 Å². The van der Waals surface area contributed by atoms with E-state index in [0.29, 0.717) is 12.3 Å². The maximum absolute atomic E-state index is 12.3. The number of carbonyl (C=O) groups is 1. The third kappa shape index (κ3) is 2.77. The molecule has 0 unspecified atom stereocenters. The number of benzene rings is 1. The number of nitrogens with zero attached hydrogens (tertiary/aromatic N) is 1. The Hall–Kier alpha value is -2.01. The van der Waals surface area contributed by atoms with Crippen LogP contribution in [0.25, 0.3) is 11.0 Å². The van der Waals surface area contributed by atoms with Crippen molar-refractivity contribution in [3.05, 3.63) is 29.5 Å². The fraction of sp³-hybridized carbons (Fsp3) is 0.526. The van der Waals surface area contributed by atoms with E-state index in [1.807, 2.05) is 18.2 Å². The Kier molecular flexibility index (Phi) is 4.19. The number of furan rings is 1. The second-order valence-electron chi connectivity index (χ2n) is 6.72. The quantitative estimate of drug-likeness (QED) is 0.937. The molecule has 128 valence electrons. The molecule has 2 heterocycles. The highest BCUT2D eigenvalue weighted by Crippen LogP contribution is 2.34. The molecule has 0 radical (unpaired) electrons. The number of hydrogen-bond donors (Lipinski definition) is 1. The van der Waals surface area contributed by atoms with Gasteiger partial charge in [0.25, 0.3) is 5.91 Å². The molecule has 0 saturated carbocycles. The highest BCUT2D eigenvalue weighted by atomic mass is 16.5. The van der Waals surface area contributed by atoms with Crippen LogP contribution in [0.2, 0.25) is 0 Å². The molecule has 1 fully saturated rings. The largest absolute Gasteiger partial charge is 0.484 e. The minimum atomic E-state index is -0.0548. The van der Waals surface area contributed by atoms with Crippen LogP contribution >= 0.6 is 0 Å². The summed E-state index contributed by atoms with van der Waals surface area (Å²) in [4.78, 5) is 14.0. The molecule has 1 atom stereocenters. The van der Waals surface area contributed by atoms with Crippen LogP contribution in [0.5, 0.6) is 5.75 Å². The normalized spacial score (nSPS) is 20.4. The summed E-state index contributed by atoms with van der Waals surface area (Å²) >= 11 is 0. The molecule has 1 aromatic carbocycles. The minimum absolute atomic E-state index is 0.0159. The number of ether oxygens (including phenoxy) is 1. The van der Waals surface area contributed by atoms with E-state index in [1.165, 1.54) is 18.4 Å². The number of amides is 1. The van der Waals surface area contributed by atoms with Gasteiger partial charge in [-0.2, -0.15) is 0 Å². The molecule has 1 aliphatic carbocycles. The van der Waals surface area contributed by atoms with Crippen molar-refractivity contribution >= 4 is 16.9 Å². The number of hydrogen-bond acceptors (Lipinski definition) is 4. The monoisotopic (exact) mass is 329 g/mol. The zero-order chi connectivity index (χ0) is 16.5. The van der Waals surface area contributed by atoms with E-state index >= 15 is 0 Å². The van der Waals surface area contributed by atoms with Gasteiger partial charge in [-0.1, -0.05) is 0 Å². The molecule has 0 bridgehead atoms. The average Bonchev–Trinajstić information content (AvgIpc) is 3.23. The van der Waals surface area contributed by atoms with Crippen molar-refractivity contribution in [2.75, 3.05) is 19.8 Å². The Balaban J connectivity index is 1.47. The fourth-order valence-electron chi connectivity index (χ4n) is 3.91. The van der Waals surface area contributed by atoms with E-state index in [-0.39, 0.29) is 25.2 Å². The first kappa shape index (κ1) is 15.5. The fourth-order valence-corrected chi connectivity index (χ4v) is 3.91. The number of aliphatic hydroxyl groups is 1. The second-order valence-corrected chi connectivity index (χ2v) is 6.72. The first-order valence-corrected chi connectivity index (χ1v) is 8.83. The van der Waals surface area contributed by atoms with Crippen LogP contribution in [-0.2, 0) is 17.6 Å². The molecule has 1 aromatic heterocycles. The summed E-state index contributed by atoms with van der Waals surface area (Å²) in [6, 6.07) is 5.73. The van der Waals surface area contributed by atoms with E-state index < -0.39 is 0 Å². The molecule has 1 saturated heterocycles. The van der Waals surface area contributed by atoms with Gasteiger partial charge in [-0.3, -0.25) is 4.79 Å². The lowest BCUT2D eigenvalue weighted by molar-refractivity contribution is -0.134. The summed E-state index contributed by atoms with van der Waals surface area (Å²) < 4.78 is 11.6. The molecular weight excluding hydrogens is 306 g/mol. The Morgan fingerprint density at radius 3 is 3.04 bits per heavy atom. The van der Waals surface area contributed by atoms with E-state index in [1.54, 1.807) is 4.90 Å². The average molecular weight is 329 g/mol. The Morgan fingerprint density at radius 1 is 1.29 bits per heavy atom. The molecule has 2 aromatic rings. The highest BCUT2D eigenvalue weighted by Gasteiger charge is 2.28. The van der Waals surface area contributed by atoms with Gasteiger partial charge in [0.1, 0.15) is 17.1 Å². The smallest absolute Gasteiger partial charge is 0.260 e. The predicted octanol–water partition coefficient (Wildman–Crippen LogP) is 2.67. The number of aliphatic hydroxyl groups excluding tert-OH is 1. The van der Waals surface area contributed by atoms with Crippen molar-refractivity contribution in [3.8, 4) is 5.75 Å².